The van der Waals surface area contributed by atoms with Gasteiger partial charge in [-0.25, -0.2) is 0 Å². The second-order valence-electron chi connectivity index (χ2n) is 6.08. The predicted octanol–water partition coefficient (Wildman–Crippen LogP) is 3.01. The van der Waals surface area contributed by atoms with Crippen molar-refractivity contribution in [3.63, 3.8) is 0 Å². The second kappa shape index (κ2) is 9.35. The first-order valence-corrected chi connectivity index (χ1v) is 9.32. The Morgan fingerprint density at radius 2 is 1.73 bits per heavy atom. The molecular weight excluding hydrogens is 374 g/mol. The van der Waals surface area contributed by atoms with Gasteiger partial charge in [0.15, 0.2) is 0 Å². The molecule has 138 valence electrons. The van der Waals surface area contributed by atoms with Crippen molar-refractivity contribution in [3.05, 3.63) is 57.2 Å². The van der Waals surface area contributed by atoms with Crippen LogP contribution in [-0.2, 0) is 4.79 Å². The molecule has 1 heterocycles. The number of thiophene rings is 1. The number of nitrogens with one attached hydrogen (secondary N) is 3. The van der Waals surface area contributed by atoms with E-state index in [9.17, 15) is 14.4 Å². The minimum absolute atomic E-state index is 0.171. The van der Waals surface area contributed by atoms with Gasteiger partial charge in [0.2, 0.25) is 0 Å². The maximum atomic E-state index is 12.4. The van der Waals surface area contributed by atoms with Gasteiger partial charge in [-0.1, -0.05) is 31.5 Å². The quantitative estimate of drug-likeness (QED) is 0.659. The fraction of sp³-hybridized carbons (Fsp3) is 0.278. The summed E-state index contributed by atoms with van der Waals surface area (Å²) in [6.07, 6.45) is 0.431. The van der Waals surface area contributed by atoms with Crippen LogP contribution in [-0.4, -0.2) is 23.8 Å². The topological polar surface area (TPSA) is 87.3 Å². The number of carbonyl (C=O) groups excluding carboxylic acids is 3. The van der Waals surface area contributed by atoms with Crippen LogP contribution in [0.15, 0.2) is 41.8 Å². The summed E-state index contributed by atoms with van der Waals surface area (Å²) in [7, 11) is 0. The minimum Gasteiger partial charge on any atom is -0.340 e. The molecule has 0 aliphatic heterocycles. The van der Waals surface area contributed by atoms with Gasteiger partial charge >= 0.3 is 0 Å². The lowest BCUT2D eigenvalue weighted by atomic mass is 10.0. The molecule has 26 heavy (non-hydrogen) atoms. The lowest BCUT2D eigenvalue weighted by Crippen LogP contribution is -2.52. The molecule has 1 atom stereocenters. The molecule has 0 saturated heterocycles. The number of hydrogen-bond donors (Lipinski definition) is 3. The van der Waals surface area contributed by atoms with Gasteiger partial charge in [0, 0.05) is 10.6 Å². The highest BCUT2D eigenvalue weighted by atomic mass is 35.5. The Hall–Kier alpha value is -2.38. The van der Waals surface area contributed by atoms with E-state index in [1.54, 1.807) is 41.8 Å². The number of carbonyl (C=O) groups is 3. The average Bonchev–Trinajstić information content (AvgIpc) is 3.13. The average molecular weight is 394 g/mol. The van der Waals surface area contributed by atoms with Crippen molar-refractivity contribution in [2.75, 3.05) is 0 Å². The summed E-state index contributed by atoms with van der Waals surface area (Å²) < 4.78 is 0. The van der Waals surface area contributed by atoms with Crippen LogP contribution in [0.25, 0.3) is 0 Å². The van der Waals surface area contributed by atoms with Gasteiger partial charge in [0.25, 0.3) is 17.7 Å². The highest BCUT2D eigenvalue weighted by molar-refractivity contribution is 7.12. The van der Waals surface area contributed by atoms with Crippen molar-refractivity contribution < 1.29 is 14.4 Å². The Labute approximate surface area is 160 Å². The number of hydrazine groups is 1. The van der Waals surface area contributed by atoms with Gasteiger partial charge in [-0.15, -0.1) is 11.3 Å². The Kier molecular flexibility index (Phi) is 7.17. The number of amides is 3. The zero-order valence-corrected chi connectivity index (χ0v) is 16.0. The molecule has 0 aliphatic rings. The van der Waals surface area contributed by atoms with Crippen molar-refractivity contribution in [2.24, 2.45) is 5.92 Å². The van der Waals surface area contributed by atoms with Crippen LogP contribution in [0.4, 0.5) is 0 Å². The zero-order valence-electron chi connectivity index (χ0n) is 14.4. The van der Waals surface area contributed by atoms with Crippen LogP contribution in [0.3, 0.4) is 0 Å². The molecule has 1 aromatic carbocycles. The Morgan fingerprint density at radius 1 is 1.04 bits per heavy atom. The largest absolute Gasteiger partial charge is 0.340 e. The molecule has 1 aromatic heterocycles. The van der Waals surface area contributed by atoms with Crippen LogP contribution < -0.4 is 16.2 Å². The standard InChI is InChI=1S/C18H20ClN3O3S/c1-11(2)10-14(20-16(23)12-5-7-13(19)8-6-12)17(24)21-22-18(25)15-4-3-9-26-15/h3-9,11,14H,10H2,1-2H3,(H,20,23)(H,21,24)(H,22,25). The fourth-order valence-corrected chi connectivity index (χ4v) is 2.97. The number of rotatable bonds is 6. The minimum atomic E-state index is -0.776. The Morgan fingerprint density at radius 3 is 2.31 bits per heavy atom. The van der Waals surface area contributed by atoms with Crippen molar-refractivity contribution in [1.82, 2.24) is 16.2 Å². The second-order valence-corrected chi connectivity index (χ2v) is 7.47. The summed E-state index contributed by atoms with van der Waals surface area (Å²) in [4.78, 5) is 37.2. The summed E-state index contributed by atoms with van der Waals surface area (Å²) >= 11 is 7.09. The molecule has 2 aromatic rings. The highest BCUT2D eigenvalue weighted by Gasteiger charge is 2.23. The molecule has 3 amide bonds. The lowest BCUT2D eigenvalue weighted by Gasteiger charge is -2.20. The monoisotopic (exact) mass is 393 g/mol. The van der Waals surface area contributed by atoms with Gasteiger partial charge < -0.3 is 5.32 Å². The first-order valence-electron chi connectivity index (χ1n) is 8.07. The number of hydrogen-bond acceptors (Lipinski definition) is 4. The van der Waals surface area contributed by atoms with E-state index >= 15 is 0 Å². The van der Waals surface area contributed by atoms with Crippen molar-refractivity contribution >= 4 is 40.7 Å². The van der Waals surface area contributed by atoms with E-state index in [-0.39, 0.29) is 11.8 Å². The van der Waals surface area contributed by atoms with Crippen LogP contribution >= 0.6 is 22.9 Å². The fourth-order valence-electron chi connectivity index (χ4n) is 2.22. The van der Waals surface area contributed by atoms with E-state index in [1.165, 1.54) is 11.3 Å². The molecule has 8 heteroatoms. The third-order valence-electron chi connectivity index (χ3n) is 3.48. The molecular formula is C18H20ClN3O3S. The molecule has 0 radical (unpaired) electrons. The van der Waals surface area contributed by atoms with Crippen LogP contribution in [0.5, 0.6) is 0 Å². The summed E-state index contributed by atoms with van der Waals surface area (Å²) in [6.45, 7) is 3.89. The lowest BCUT2D eigenvalue weighted by molar-refractivity contribution is -0.124. The summed E-state index contributed by atoms with van der Waals surface area (Å²) in [5.41, 5.74) is 5.14. The van der Waals surface area contributed by atoms with E-state index in [2.05, 4.69) is 16.2 Å². The maximum absolute atomic E-state index is 12.4. The smallest absolute Gasteiger partial charge is 0.279 e. The van der Waals surface area contributed by atoms with Gasteiger partial charge in [0.05, 0.1) is 4.88 Å². The van der Waals surface area contributed by atoms with Crippen LogP contribution in [0, 0.1) is 5.92 Å². The molecule has 6 nitrogen and oxygen atoms in total. The molecule has 0 bridgehead atoms. The van der Waals surface area contributed by atoms with Crippen LogP contribution in [0.2, 0.25) is 5.02 Å². The Balaban J connectivity index is 1.98. The van der Waals surface area contributed by atoms with Gasteiger partial charge in [0.1, 0.15) is 6.04 Å². The summed E-state index contributed by atoms with van der Waals surface area (Å²) in [5, 5.41) is 4.99. The number of halogens is 1. The summed E-state index contributed by atoms with van der Waals surface area (Å²) in [6, 6.07) is 9.00. The SMILES string of the molecule is CC(C)CC(NC(=O)c1ccc(Cl)cc1)C(=O)NNC(=O)c1cccs1. The third kappa shape index (κ3) is 5.86. The maximum Gasteiger partial charge on any atom is 0.279 e. The first kappa shape index (κ1) is 19.9. The van der Waals surface area contributed by atoms with Gasteiger partial charge in [-0.05, 0) is 48.1 Å². The normalized spacial score (nSPS) is 11.7. The molecule has 0 saturated carbocycles. The van der Waals surface area contributed by atoms with Gasteiger partial charge in [-0.2, -0.15) is 0 Å². The van der Waals surface area contributed by atoms with Crippen molar-refractivity contribution in [2.45, 2.75) is 26.3 Å². The molecule has 0 spiro atoms. The third-order valence-corrected chi connectivity index (χ3v) is 4.60. The molecule has 3 N–H and O–H groups in total. The zero-order chi connectivity index (χ0) is 19.1. The predicted molar refractivity (Wildman–Crippen MR) is 102 cm³/mol. The van der Waals surface area contributed by atoms with E-state index < -0.39 is 17.9 Å². The van der Waals surface area contributed by atoms with E-state index in [0.29, 0.717) is 21.9 Å². The highest BCUT2D eigenvalue weighted by Crippen LogP contribution is 2.11. The Bertz CT molecular complexity index is 760. The molecule has 0 fully saturated rings. The van der Waals surface area contributed by atoms with Gasteiger partial charge in [-0.3, -0.25) is 25.2 Å². The molecule has 2 rings (SSSR count). The van der Waals surface area contributed by atoms with Crippen molar-refractivity contribution in [1.29, 1.82) is 0 Å². The molecule has 0 aliphatic carbocycles. The first-order chi connectivity index (χ1) is 12.4. The molecule has 1 unspecified atom stereocenters. The van der Waals surface area contributed by atoms with E-state index in [0.717, 1.165) is 0 Å². The summed E-state index contributed by atoms with van der Waals surface area (Å²) in [5.74, 6) is -1.09. The van der Waals surface area contributed by atoms with Crippen LogP contribution in [0.1, 0.15) is 40.3 Å². The van der Waals surface area contributed by atoms with E-state index in [4.69, 9.17) is 11.6 Å². The van der Waals surface area contributed by atoms with E-state index in [1.807, 2.05) is 13.8 Å². The van der Waals surface area contributed by atoms with Crippen molar-refractivity contribution in [3.8, 4) is 0 Å². The number of benzene rings is 1.